The van der Waals surface area contributed by atoms with Gasteiger partial charge in [-0.25, -0.2) is 0 Å². The predicted molar refractivity (Wildman–Crippen MR) is 124 cm³/mol. The van der Waals surface area contributed by atoms with Crippen LogP contribution in [0.1, 0.15) is 38.3 Å². The summed E-state index contributed by atoms with van der Waals surface area (Å²) in [7, 11) is 1.56. The largest absolute Gasteiger partial charge is 0.493 e. The van der Waals surface area contributed by atoms with E-state index in [1.54, 1.807) is 36.6 Å². The fourth-order valence-corrected chi connectivity index (χ4v) is 5.33. The number of ketones is 1. The monoisotopic (exact) mass is 450 g/mol. The normalized spacial score (nSPS) is 17.1. The number of fused-ring (bicyclic) bond motifs is 1. The van der Waals surface area contributed by atoms with Crippen LogP contribution in [0.2, 0.25) is 0 Å². The van der Waals surface area contributed by atoms with Gasteiger partial charge in [0.05, 0.1) is 19.1 Å². The third-order valence-electron chi connectivity index (χ3n) is 6.03. The third kappa shape index (κ3) is 4.55. The number of hydrogen-bond acceptors (Lipinski definition) is 5. The van der Waals surface area contributed by atoms with Gasteiger partial charge in [0.15, 0.2) is 17.3 Å². The van der Waals surface area contributed by atoms with Crippen molar-refractivity contribution in [2.24, 2.45) is 5.41 Å². The van der Waals surface area contributed by atoms with Crippen LogP contribution >= 0.6 is 11.3 Å². The number of carbonyl (C=O) groups excluding carboxylic acids is 1. The first-order chi connectivity index (χ1) is 15.4. The van der Waals surface area contributed by atoms with Gasteiger partial charge in [-0.15, -0.1) is 11.3 Å². The van der Waals surface area contributed by atoms with E-state index in [2.05, 4.69) is 25.1 Å². The van der Waals surface area contributed by atoms with Crippen molar-refractivity contribution in [1.82, 2.24) is 0 Å². The molecule has 1 aliphatic carbocycles. The molecule has 1 unspecified atom stereocenters. The molecule has 1 heterocycles. The number of aryl methyl sites for hydroxylation is 1. The summed E-state index contributed by atoms with van der Waals surface area (Å²) in [5.74, 6) is -0.0891. The Bertz CT molecular complexity index is 1130. The number of benzene rings is 2. The molecule has 2 aromatic carbocycles. The zero-order valence-corrected chi connectivity index (χ0v) is 19.0. The lowest BCUT2D eigenvalue weighted by atomic mass is 9.79. The summed E-state index contributed by atoms with van der Waals surface area (Å²) in [6.45, 7) is 2.49. The summed E-state index contributed by atoms with van der Waals surface area (Å²) < 4.78 is 11.3. The van der Waals surface area contributed by atoms with E-state index in [1.807, 2.05) is 17.5 Å². The summed E-state index contributed by atoms with van der Waals surface area (Å²) in [5, 5.41) is 11.9. The zero-order valence-electron chi connectivity index (χ0n) is 18.2. The maximum absolute atomic E-state index is 13.1. The fourth-order valence-electron chi connectivity index (χ4n) is 4.28. The Morgan fingerprint density at radius 2 is 1.94 bits per heavy atom. The molecule has 32 heavy (non-hydrogen) atoms. The van der Waals surface area contributed by atoms with Crippen LogP contribution in [0.3, 0.4) is 0 Å². The number of hydrogen-bond donors (Lipinski definition) is 1. The Morgan fingerprint density at radius 3 is 2.66 bits per heavy atom. The van der Waals surface area contributed by atoms with Gasteiger partial charge in [-0.1, -0.05) is 29.8 Å². The number of rotatable bonds is 9. The SMILES string of the molecule is COc1ccc(C(=O)CC2(C(=O)O)Cc3ccsc3C2)cc1OCCc1cccc(C)c1. The molecule has 5 nitrogen and oxygen atoms in total. The Morgan fingerprint density at radius 1 is 1.09 bits per heavy atom. The highest BCUT2D eigenvalue weighted by Crippen LogP contribution is 2.43. The van der Waals surface area contributed by atoms with Crippen LogP contribution in [0.15, 0.2) is 53.9 Å². The van der Waals surface area contributed by atoms with Crippen LogP contribution in [0.4, 0.5) is 0 Å². The molecule has 0 radical (unpaired) electrons. The highest BCUT2D eigenvalue weighted by atomic mass is 32.1. The van der Waals surface area contributed by atoms with Gasteiger partial charge in [0, 0.05) is 23.3 Å². The molecule has 3 aromatic rings. The first-order valence-electron chi connectivity index (χ1n) is 10.6. The van der Waals surface area contributed by atoms with Gasteiger partial charge in [0.1, 0.15) is 0 Å². The predicted octanol–water partition coefficient (Wildman–Crippen LogP) is 5.13. The summed E-state index contributed by atoms with van der Waals surface area (Å²) in [4.78, 5) is 26.3. The van der Waals surface area contributed by atoms with Crippen molar-refractivity contribution in [3.63, 3.8) is 0 Å². The molecule has 1 aromatic heterocycles. The number of carboxylic acid groups (broad SMARTS) is 1. The molecule has 0 spiro atoms. The molecule has 0 saturated carbocycles. The van der Waals surface area contributed by atoms with Crippen molar-refractivity contribution in [3.8, 4) is 11.5 Å². The minimum absolute atomic E-state index is 0.0429. The molecular weight excluding hydrogens is 424 g/mol. The van der Waals surface area contributed by atoms with E-state index >= 15 is 0 Å². The third-order valence-corrected chi connectivity index (χ3v) is 7.00. The summed E-state index contributed by atoms with van der Waals surface area (Å²) in [6, 6.07) is 15.2. The van der Waals surface area contributed by atoms with E-state index < -0.39 is 11.4 Å². The number of carboxylic acids is 1. The highest BCUT2D eigenvalue weighted by Gasteiger charge is 2.46. The van der Waals surface area contributed by atoms with Crippen LogP contribution in [0.25, 0.3) is 0 Å². The van der Waals surface area contributed by atoms with Crippen molar-refractivity contribution < 1.29 is 24.2 Å². The number of ether oxygens (including phenoxy) is 2. The number of carbonyl (C=O) groups is 2. The molecule has 1 aliphatic rings. The van der Waals surface area contributed by atoms with Crippen LogP contribution in [0.5, 0.6) is 11.5 Å². The topological polar surface area (TPSA) is 72.8 Å². The Labute approximate surface area is 191 Å². The summed E-state index contributed by atoms with van der Waals surface area (Å²) in [5.41, 5.74) is 2.77. The molecule has 166 valence electrons. The molecule has 0 fully saturated rings. The van der Waals surface area contributed by atoms with Crippen molar-refractivity contribution in [2.75, 3.05) is 13.7 Å². The lowest BCUT2D eigenvalue weighted by Gasteiger charge is -2.23. The standard InChI is InChI=1S/C26H26O5S/c1-17-4-3-5-18(12-17)8-10-31-23-13-19(6-7-22(23)30-2)21(27)15-26(25(28)29)14-20-9-11-32-24(20)16-26/h3-7,9,11-13H,8,10,14-16H2,1-2H3,(H,28,29). The van der Waals surface area contributed by atoms with Crippen LogP contribution in [-0.2, 0) is 24.1 Å². The fraction of sp³-hybridized carbons (Fsp3) is 0.308. The Balaban J connectivity index is 1.48. The van der Waals surface area contributed by atoms with E-state index in [-0.39, 0.29) is 12.2 Å². The minimum Gasteiger partial charge on any atom is -0.493 e. The van der Waals surface area contributed by atoms with Gasteiger partial charge in [-0.3, -0.25) is 9.59 Å². The zero-order chi connectivity index (χ0) is 22.7. The quantitative estimate of drug-likeness (QED) is 0.458. The Hall–Kier alpha value is -3.12. The van der Waals surface area contributed by atoms with E-state index in [4.69, 9.17) is 9.47 Å². The van der Waals surface area contributed by atoms with E-state index in [0.29, 0.717) is 36.5 Å². The molecule has 0 saturated heterocycles. The molecule has 1 N–H and O–H groups in total. The smallest absolute Gasteiger partial charge is 0.310 e. The molecule has 4 rings (SSSR count). The highest BCUT2D eigenvalue weighted by molar-refractivity contribution is 7.10. The summed E-state index contributed by atoms with van der Waals surface area (Å²) >= 11 is 1.56. The molecular formula is C26H26O5S. The second-order valence-electron chi connectivity index (χ2n) is 8.36. The molecule has 1 atom stereocenters. The van der Waals surface area contributed by atoms with Crippen molar-refractivity contribution in [3.05, 3.63) is 81.0 Å². The number of thiophene rings is 1. The van der Waals surface area contributed by atoms with Gasteiger partial charge < -0.3 is 14.6 Å². The minimum atomic E-state index is -1.08. The summed E-state index contributed by atoms with van der Waals surface area (Å²) in [6.07, 6.45) is 1.48. The van der Waals surface area contributed by atoms with Gasteiger partial charge in [0.2, 0.25) is 0 Å². The first-order valence-corrected chi connectivity index (χ1v) is 11.5. The lowest BCUT2D eigenvalue weighted by Crippen LogP contribution is -2.34. The van der Waals surface area contributed by atoms with E-state index in [9.17, 15) is 14.7 Å². The molecule has 0 amide bonds. The second-order valence-corrected chi connectivity index (χ2v) is 9.36. The Kier molecular flexibility index (Phi) is 6.33. The van der Waals surface area contributed by atoms with Gasteiger partial charge >= 0.3 is 5.97 Å². The maximum Gasteiger partial charge on any atom is 0.310 e. The average molecular weight is 451 g/mol. The van der Waals surface area contributed by atoms with Crippen molar-refractivity contribution in [2.45, 2.75) is 32.6 Å². The molecule has 0 aliphatic heterocycles. The second kappa shape index (κ2) is 9.17. The van der Waals surface area contributed by atoms with Crippen LogP contribution in [-0.4, -0.2) is 30.6 Å². The number of methoxy groups -OCH3 is 1. The van der Waals surface area contributed by atoms with Crippen molar-refractivity contribution in [1.29, 1.82) is 0 Å². The average Bonchev–Trinajstić information content (AvgIpc) is 3.34. The van der Waals surface area contributed by atoms with Gasteiger partial charge in [-0.05, 0) is 60.5 Å². The van der Waals surface area contributed by atoms with Crippen molar-refractivity contribution >= 4 is 23.1 Å². The van der Waals surface area contributed by atoms with E-state index in [0.717, 1.165) is 16.9 Å². The first kappa shape index (κ1) is 22.1. The van der Waals surface area contributed by atoms with Gasteiger partial charge in [0.25, 0.3) is 0 Å². The molecule has 6 heteroatoms. The van der Waals surface area contributed by atoms with Crippen LogP contribution < -0.4 is 9.47 Å². The van der Waals surface area contributed by atoms with Gasteiger partial charge in [-0.2, -0.15) is 0 Å². The van der Waals surface area contributed by atoms with E-state index in [1.165, 1.54) is 11.1 Å². The maximum atomic E-state index is 13.1. The number of Topliss-reactive ketones (excluding diaryl/α,β-unsaturated/α-hetero) is 1. The molecule has 0 bridgehead atoms. The van der Waals surface area contributed by atoms with Crippen LogP contribution in [0, 0.1) is 12.3 Å². The number of aliphatic carboxylic acids is 1. The lowest BCUT2D eigenvalue weighted by molar-refractivity contribution is -0.148.